The fraction of sp³-hybridized carbons (Fsp3) is 0.0316. The quantitative estimate of drug-likeness (QED) is 0.0908. The predicted molar refractivity (Wildman–Crippen MR) is 456 cm³/mol. The number of hydrogen-bond acceptors (Lipinski definition) is 17. The summed E-state index contributed by atoms with van der Waals surface area (Å²) in [6.07, 6.45) is 19.9. The van der Waals surface area contributed by atoms with E-state index in [1.807, 2.05) is 67.8 Å². The number of rotatable bonds is 10. The SMILES string of the molecule is Cc1nc(-c2ccccn2)[n-]c1C.FC(F)(F)c1cc(-c2ccccn2)[n-]n1.Fc1c[c-]c(-c2ccccn2)c(F)c1.Fc1c[c-]c(-c2ccccn2)c(F)c1.Fc1c[c-]c(-c2ccccn2)c(F)c1.Fc1c[c-]c(-c2ccccn2)c(F)c1.Fc1c[c-]c(-c2ccccn2)c(F)c1.[Ir].[Ir].[Ir].[Ir].[Ir].c1cc(-c2nccs2)[n-]n1.c1ccc(-c2ccn[n-]2)nc1.c1cnc(-c2ccn[n-]2)cn1. The van der Waals surface area contributed by atoms with Gasteiger partial charge in [-0.1, -0.05) is 189 Å². The van der Waals surface area contributed by atoms with Crippen LogP contribution in [-0.2, 0) is 107 Å². The summed E-state index contributed by atoms with van der Waals surface area (Å²) >= 11 is 1.57. The first kappa shape index (κ1) is 110. The summed E-state index contributed by atoms with van der Waals surface area (Å²) in [7, 11) is 0. The van der Waals surface area contributed by atoms with Gasteiger partial charge in [0.05, 0.1) is 17.6 Å². The molecule has 0 N–H and O–H groups in total. The van der Waals surface area contributed by atoms with Crippen LogP contribution >= 0.6 is 11.3 Å². The number of alkyl halides is 3. The average Bonchev–Trinajstić information content (AvgIpc) is 1.83. The summed E-state index contributed by atoms with van der Waals surface area (Å²) in [6.45, 7) is 3.91. The molecule has 5 radical (unpaired) electrons. The van der Waals surface area contributed by atoms with Crippen LogP contribution < -0.4 is 25.4 Å². The average molecular weight is 2740 g/mol. The van der Waals surface area contributed by atoms with Gasteiger partial charge in [0.2, 0.25) is 0 Å². The molecule has 0 aliphatic rings. The maximum Gasteiger partial charge on any atom is 0.431 e. The Balaban J connectivity index is 0.000000230. The molecule has 0 spiro atoms. The van der Waals surface area contributed by atoms with Crippen molar-refractivity contribution in [1.82, 2.24) is 106 Å². The first-order chi connectivity index (χ1) is 63.1. The number of nitrogens with zero attached hydrogens (tertiary/aromatic N) is 21. The Morgan fingerprint density at radius 2 is 0.600 bits per heavy atom. The van der Waals surface area contributed by atoms with Crippen LogP contribution in [0.15, 0.2) is 329 Å². The van der Waals surface area contributed by atoms with Crippen LogP contribution in [0.4, 0.5) is 57.1 Å². The zero-order valence-corrected chi connectivity index (χ0v) is 81.8. The van der Waals surface area contributed by atoms with E-state index in [2.05, 4.69) is 136 Å². The molecule has 0 aliphatic carbocycles. The fourth-order valence-corrected chi connectivity index (χ4v) is 10.9. The van der Waals surface area contributed by atoms with E-state index >= 15 is 0 Å². The Kier molecular flexibility index (Phi) is 47.1. The molecule has 40 heteroatoms. The molecule has 5 aromatic carbocycles. The topological polar surface area (TPSA) is 277 Å². The van der Waals surface area contributed by atoms with Crippen molar-refractivity contribution in [2.24, 2.45) is 0 Å². The van der Waals surface area contributed by atoms with Crippen LogP contribution in [0.3, 0.4) is 0 Å². The van der Waals surface area contributed by atoms with Gasteiger partial charge in [-0.25, -0.2) is 4.98 Å². The van der Waals surface area contributed by atoms with Gasteiger partial charge in [0, 0.05) is 262 Å². The molecule has 0 saturated heterocycles. The molecule has 0 fully saturated rings. The standard InChI is InChI=1S/5C11H6F2N.C10H10N3.C9H5F3N3.C8H6N3.C7H5N4.C6H4N3S.5Ir/c5*12-8-4-5-9(10(13)7-8)11-3-1-2-6-14-11;1-7-8(2)13-10(12-7)9-5-3-4-6-11-9;10-9(11,12)8-5-7(14-15-8)6-3-1-2-4-13-6;1-2-5-9-7(3-1)8-4-6-10-11-8;1-2-10-11-6(1)7-5-8-3-4-9-7;1-2-8-9-5(1)6-7-3-4-10-6;;;;;/h5*1-4,6-7H;3-6H,1-2H3;1-5H;1-6H;1-5H;1-4H;;;;;/q10*-1;;;;;. The molecule has 15 heterocycles. The molecule has 0 aliphatic heterocycles. The smallest absolute Gasteiger partial charge is 0.431 e. The van der Waals surface area contributed by atoms with Crippen molar-refractivity contribution >= 4 is 11.3 Å². The zero-order chi connectivity index (χ0) is 91.8. The number of hydrogen-bond donors (Lipinski definition) is 0. The molecule has 20 rings (SSSR count). The van der Waals surface area contributed by atoms with Crippen LogP contribution in [0.5, 0.6) is 0 Å². The second kappa shape index (κ2) is 57.7. The Morgan fingerprint density at radius 3 is 0.852 bits per heavy atom. The Morgan fingerprint density at radius 1 is 0.296 bits per heavy atom. The van der Waals surface area contributed by atoms with E-state index < -0.39 is 70.0 Å². The van der Waals surface area contributed by atoms with E-state index in [-0.39, 0.29) is 134 Å². The molecular formula is C95H60F13Ir5N21S-10. The van der Waals surface area contributed by atoms with Crippen molar-refractivity contribution in [3.63, 3.8) is 0 Å². The van der Waals surface area contributed by atoms with E-state index in [4.69, 9.17) is 0 Å². The van der Waals surface area contributed by atoms with E-state index in [9.17, 15) is 57.1 Å². The Bertz CT molecular complexity index is 6060. The van der Waals surface area contributed by atoms with E-state index in [1.165, 1.54) is 6.20 Å². The van der Waals surface area contributed by atoms with Crippen molar-refractivity contribution in [1.29, 1.82) is 0 Å². The third-order valence-corrected chi connectivity index (χ3v) is 17.2. The van der Waals surface area contributed by atoms with Crippen molar-refractivity contribution in [3.8, 4) is 113 Å². The number of aromatic nitrogens is 21. The minimum Gasteiger partial charge on any atom is -0.574 e. The van der Waals surface area contributed by atoms with Gasteiger partial charge in [0.25, 0.3) is 0 Å². The number of pyridine rings is 8. The largest absolute Gasteiger partial charge is 0.574 e. The summed E-state index contributed by atoms with van der Waals surface area (Å²) in [5.74, 6) is -5.71. The van der Waals surface area contributed by atoms with Gasteiger partial charge in [0.15, 0.2) is 0 Å². The van der Waals surface area contributed by atoms with Crippen LogP contribution in [-0.4, -0.2) is 80.2 Å². The number of halogens is 13. The van der Waals surface area contributed by atoms with E-state index in [0.29, 0.717) is 34.2 Å². The molecule has 0 bridgehead atoms. The Hall–Kier alpha value is -13.6. The number of imidazole rings is 1. The fourth-order valence-electron chi connectivity index (χ4n) is 10.3. The minimum atomic E-state index is -4.46. The van der Waals surface area contributed by atoms with Gasteiger partial charge in [0.1, 0.15) is 10.7 Å². The van der Waals surface area contributed by atoms with Crippen molar-refractivity contribution in [3.05, 3.63) is 434 Å². The number of benzene rings is 5. The molecule has 135 heavy (non-hydrogen) atoms. The maximum atomic E-state index is 13.2. The third-order valence-electron chi connectivity index (χ3n) is 16.4. The molecule has 0 unspecified atom stereocenters. The summed E-state index contributed by atoms with van der Waals surface area (Å²) in [4.78, 5) is 52.6. The molecule has 0 amide bonds. The van der Waals surface area contributed by atoms with Gasteiger partial charge >= 0.3 is 6.18 Å². The van der Waals surface area contributed by atoms with Gasteiger partial charge in [-0.05, 0) is 121 Å². The van der Waals surface area contributed by atoms with E-state index in [0.717, 1.165) is 123 Å². The zero-order valence-electron chi connectivity index (χ0n) is 69.1. The van der Waals surface area contributed by atoms with Crippen molar-refractivity contribution in [2.75, 3.05) is 0 Å². The van der Waals surface area contributed by atoms with Crippen LogP contribution in [0, 0.1) is 102 Å². The summed E-state index contributed by atoms with van der Waals surface area (Å²) < 4.78 is 166. The second-order valence-electron chi connectivity index (χ2n) is 25.4. The molecule has 0 saturated carbocycles. The molecule has 15 aromatic heterocycles. The molecule has 697 valence electrons. The summed E-state index contributed by atoms with van der Waals surface area (Å²) in [5, 5.41) is 32.0. The summed E-state index contributed by atoms with van der Waals surface area (Å²) in [6, 6.07) is 70.3. The van der Waals surface area contributed by atoms with Crippen LogP contribution in [0.1, 0.15) is 17.1 Å². The second-order valence-corrected chi connectivity index (χ2v) is 26.3. The van der Waals surface area contributed by atoms with Crippen LogP contribution in [0.25, 0.3) is 113 Å². The number of thiazole rings is 1. The molecule has 20 aromatic rings. The van der Waals surface area contributed by atoms with Gasteiger partial charge in [-0.3, -0.25) is 68.8 Å². The number of aryl methyl sites for hydroxylation is 2. The van der Waals surface area contributed by atoms with Gasteiger partial charge < -0.3 is 75.7 Å². The summed E-state index contributed by atoms with van der Waals surface area (Å²) in [5.41, 5.74) is 9.53. The molecular weight excluding hydrogens is 2680 g/mol. The minimum absolute atomic E-state index is 0. The third kappa shape index (κ3) is 35.4. The predicted octanol–water partition coefficient (Wildman–Crippen LogP) is 20.7. The molecule has 21 nitrogen and oxygen atoms in total. The molecule has 0 atom stereocenters. The maximum absolute atomic E-state index is 13.2. The first-order valence-corrected chi connectivity index (χ1v) is 38.7. The first-order valence-electron chi connectivity index (χ1n) is 37.8. The monoisotopic (exact) mass is 2740 g/mol. The normalized spacial score (nSPS) is 9.89. The van der Waals surface area contributed by atoms with Gasteiger partial charge in [-0.2, -0.15) is 13.2 Å². The van der Waals surface area contributed by atoms with Crippen molar-refractivity contribution in [2.45, 2.75) is 20.0 Å². The van der Waals surface area contributed by atoms with Crippen molar-refractivity contribution < 1.29 is 158 Å². The van der Waals surface area contributed by atoms with Gasteiger partial charge in [-0.15, -0.1) is 72.0 Å². The Labute approximate surface area is 834 Å². The van der Waals surface area contributed by atoms with E-state index in [1.54, 1.807) is 213 Å². The van der Waals surface area contributed by atoms with Crippen LogP contribution in [0.2, 0.25) is 0 Å².